The first-order valence-corrected chi connectivity index (χ1v) is 9.48. The summed E-state index contributed by atoms with van der Waals surface area (Å²) in [5, 5.41) is 11.1. The molecule has 2 aliphatic rings. The summed E-state index contributed by atoms with van der Waals surface area (Å²) in [7, 11) is 0. The number of β-amino-alcohol motifs (C(OH)–C–C–N with tert-alkyl or cyclic N) is 1. The summed E-state index contributed by atoms with van der Waals surface area (Å²) in [5.74, 6) is 0.674. The Morgan fingerprint density at radius 1 is 1.04 bits per heavy atom. The van der Waals surface area contributed by atoms with Crippen molar-refractivity contribution in [3.63, 3.8) is 0 Å². The number of carbonyl (C=O) groups excluding carboxylic acids is 1. The predicted molar refractivity (Wildman–Crippen MR) is 103 cm³/mol. The van der Waals surface area contributed by atoms with Gasteiger partial charge < -0.3 is 14.9 Å². The molecule has 2 saturated heterocycles. The second-order valence-corrected chi connectivity index (χ2v) is 7.36. The topological polar surface area (TPSA) is 72.8 Å². The number of nitrogens with zero attached hydrogens (tertiary/aromatic N) is 5. The van der Waals surface area contributed by atoms with E-state index in [1.54, 1.807) is 42.7 Å². The van der Waals surface area contributed by atoms with Crippen LogP contribution in [-0.2, 0) is 0 Å². The van der Waals surface area contributed by atoms with Gasteiger partial charge in [-0.3, -0.25) is 9.69 Å². The van der Waals surface area contributed by atoms with Crippen LogP contribution in [-0.4, -0.2) is 82.2 Å². The van der Waals surface area contributed by atoms with Crippen LogP contribution < -0.4 is 4.90 Å². The van der Waals surface area contributed by atoms with Gasteiger partial charge in [-0.2, -0.15) is 0 Å². The number of halogens is 1. The Kier molecular flexibility index (Phi) is 5.24. The maximum Gasteiger partial charge on any atom is 0.253 e. The van der Waals surface area contributed by atoms with Gasteiger partial charge in [-0.1, -0.05) is 11.6 Å². The minimum Gasteiger partial charge on any atom is -0.390 e. The van der Waals surface area contributed by atoms with Gasteiger partial charge in [0.2, 0.25) is 5.95 Å². The second kappa shape index (κ2) is 7.80. The third-order valence-corrected chi connectivity index (χ3v) is 5.51. The first-order valence-electron chi connectivity index (χ1n) is 9.11. The number of carbonyl (C=O) groups is 1. The second-order valence-electron chi connectivity index (χ2n) is 6.92. The maximum absolute atomic E-state index is 12.6. The van der Waals surface area contributed by atoms with Crippen molar-refractivity contribution in [2.75, 3.05) is 44.2 Å². The van der Waals surface area contributed by atoms with Gasteiger partial charge in [0.25, 0.3) is 5.91 Å². The number of rotatable bonds is 3. The van der Waals surface area contributed by atoms with E-state index in [4.69, 9.17) is 11.6 Å². The molecule has 0 spiro atoms. The fraction of sp³-hybridized carbons (Fsp3) is 0.421. The number of benzene rings is 1. The van der Waals surface area contributed by atoms with Gasteiger partial charge in [-0.05, 0) is 30.3 Å². The summed E-state index contributed by atoms with van der Waals surface area (Å²) < 4.78 is 0. The van der Waals surface area contributed by atoms with Crippen molar-refractivity contribution in [2.24, 2.45) is 0 Å². The first kappa shape index (κ1) is 18.2. The number of amides is 1. The van der Waals surface area contributed by atoms with E-state index in [1.165, 1.54) is 0 Å². The van der Waals surface area contributed by atoms with Crippen molar-refractivity contribution >= 4 is 23.5 Å². The first-order chi connectivity index (χ1) is 13.1. The largest absolute Gasteiger partial charge is 0.390 e. The number of anilines is 1. The van der Waals surface area contributed by atoms with Crippen molar-refractivity contribution in [3.8, 4) is 0 Å². The third kappa shape index (κ3) is 3.90. The molecule has 27 heavy (non-hydrogen) atoms. The molecule has 1 amide bonds. The van der Waals surface area contributed by atoms with Gasteiger partial charge in [0.15, 0.2) is 0 Å². The summed E-state index contributed by atoms with van der Waals surface area (Å²) >= 11 is 5.90. The summed E-state index contributed by atoms with van der Waals surface area (Å²) in [5.41, 5.74) is 0.654. The highest BCUT2D eigenvalue weighted by molar-refractivity contribution is 6.30. The van der Waals surface area contributed by atoms with Crippen LogP contribution in [0.4, 0.5) is 5.95 Å². The smallest absolute Gasteiger partial charge is 0.253 e. The summed E-state index contributed by atoms with van der Waals surface area (Å²) in [6.07, 6.45) is 2.97. The fourth-order valence-corrected chi connectivity index (χ4v) is 3.90. The monoisotopic (exact) mass is 387 g/mol. The van der Waals surface area contributed by atoms with Crippen LogP contribution in [0, 0.1) is 0 Å². The van der Waals surface area contributed by atoms with E-state index in [0.29, 0.717) is 42.7 Å². The highest BCUT2D eigenvalue weighted by atomic mass is 35.5. The standard InChI is InChI=1S/C19H22ClN5O2/c20-15-4-2-14(3-5-15)18(27)24-10-8-23(9-11-24)16-12-25(13-17(16)26)19-21-6-1-7-22-19/h1-7,16-17,26H,8-13H2. The summed E-state index contributed by atoms with van der Waals surface area (Å²) in [4.78, 5) is 27.3. The van der Waals surface area contributed by atoms with Crippen LogP contribution in [0.1, 0.15) is 10.4 Å². The molecule has 8 heteroatoms. The van der Waals surface area contributed by atoms with Crippen LogP contribution in [0.15, 0.2) is 42.7 Å². The molecule has 1 aromatic carbocycles. The lowest BCUT2D eigenvalue weighted by atomic mass is 10.1. The molecule has 142 valence electrons. The molecule has 2 aromatic rings. The molecular weight excluding hydrogens is 366 g/mol. The van der Waals surface area contributed by atoms with Crippen LogP contribution in [0.3, 0.4) is 0 Å². The van der Waals surface area contributed by atoms with Gasteiger partial charge in [0.05, 0.1) is 12.1 Å². The molecule has 0 saturated carbocycles. The minimum atomic E-state index is -0.452. The van der Waals surface area contributed by atoms with E-state index in [2.05, 4.69) is 14.9 Å². The van der Waals surface area contributed by atoms with E-state index in [1.807, 2.05) is 9.80 Å². The average molecular weight is 388 g/mol. The Hall–Kier alpha value is -2.22. The number of piperazine rings is 1. The number of aliphatic hydroxyl groups excluding tert-OH is 1. The quantitative estimate of drug-likeness (QED) is 0.851. The molecule has 0 bridgehead atoms. The zero-order chi connectivity index (χ0) is 18.8. The van der Waals surface area contributed by atoms with Gasteiger partial charge in [0.1, 0.15) is 0 Å². The number of hydrogen-bond acceptors (Lipinski definition) is 6. The predicted octanol–water partition coefficient (Wildman–Crippen LogP) is 1.14. The van der Waals surface area contributed by atoms with Gasteiger partial charge >= 0.3 is 0 Å². The Morgan fingerprint density at radius 2 is 1.70 bits per heavy atom. The van der Waals surface area contributed by atoms with E-state index in [-0.39, 0.29) is 11.9 Å². The SMILES string of the molecule is O=C(c1ccc(Cl)cc1)N1CCN(C2CN(c3ncccn3)CC2O)CC1. The van der Waals surface area contributed by atoms with Crippen molar-refractivity contribution in [1.82, 2.24) is 19.8 Å². The molecule has 2 atom stereocenters. The molecule has 4 rings (SSSR count). The maximum atomic E-state index is 12.6. The molecule has 1 aromatic heterocycles. The molecule has 2 aliphatic heterocycles. The zero-order valence-corrected chi connectivity index (χ0v) is 15.7. The number of hydrogen-bond donors (Lipinski definition) is 1. The zero-order valence-electron chi connectivity index (χ0n) is 14.9. The molecular formula is C19H22ClN5O2. The third-order valence-electron chi connectivity index (χ3n) is 5.26. The normalized spacial score (nSPS) is 23.6. The Labute approximate surface area is 163 Å². The van der Waals surface area contributed by atoms with Crippen LogP contribution >= 0.6 is 11.6 Å². The Bertz CT molecular complexity index is 780. The lowest BCUT2D eigenvalue weighted by molar-refractivity contribution is 0.0376. The highest BCUT2D eigenvalue weighted by Crippen LogP contribution is 2.22. The van der Waals surface area contributed by atoms with Crippen LogP contribution in [0.25, 0.3) is 0 Å². The van der Waals surface area contributed by atoms with E-state index < -0.39 is 6.10 Å². The van der Waals surface area contributed by atoms with E-state index >= 15 is 0 Å². The van der Waals surface area contributed by atoms with E-state index in [0.717, 1.165) is 13.1 Å². The van der Waals surface area contributed by atoms with Crippen LogP contribution in [0.2, 0.25) is 5.02 Å². The molecule has 0 aliphatic carbocycles. The van der Waals surface area contributed by atoms with Gasteiger partial charge in [-0.25, -0.2) is 9.97 Å². The van der Waals surface area contributed by atoms with Gasteiger partial charge in [-0.15, -0.1) is 0 Å². The molecule has 2 fully saturated rings. The number of aromatic nitrogens is 2. The van der Waals surface area contributed by atoms with Crippen molar-refractivity contribution in [3.05, 3.63) is 53.3 Å². The van der Waals surface area contributed by atoms with Crippen LogP contribution in [0.5, 0.6) is 0 Å². The van der Waals surface area contributed by atoms with Crippen molar-refractivity contribution < 1.29 is 9.90 Å². The Morgan fingerprint density at radius 3 is 2.37 bits per heavy atom. The average Bonchev–Trinajstić information content (AvgIpc) is 3.10. The summed E-state index contributed by atoms with van der Waals surface area (Å²) in [6.45, 7) is 3.99. The lowest BCUT2D eigenvalue weighted by Gasteiger charge is -2.38. The van der Waals surface area contributed by atoms with Gasteiger partial charge in [0, 0.05) is 62.2 Å². The van der Waals surface area contributed by atoms with Crippen molar-refractivity contribution in [2.45, 2.75) is 12.1 Å². The Balaban J connectivity index is 1.35. The minimum absolute atomic E-state index is 0.0256. The molecule has 3 heterocycles. The fourth-order valence-electron chi connectivity index (χ4n) is 3.78. The summed E-state index contributed by atoms with van der Waals surface area (Å²) in [6, 6.07) is 8.80. The molecule has 1 N–H and O–H groups in total. The number of aliphatic hydroxyl groups is 1. The lowest BCUT2D eigenvalue weighted by Crippen LogP contribution is -2.54. The molecule has 0 radical (unpaired) electrons. The van der Waals surface area contributed by atoms with Crippen molar-refractivity contribution in [1.29, 1.82) is 0 Å². The van der Waals surface area contributed by atoms with E-state index in [9.17, 15) is 9.90 Å². The highest BCUT2D eigenvalue weighted by Gasteiger charge is 2.38. The molecule has 2 unspecified atom stereocenters. The molecule has 7 nitrogen and oxygen atoms in total.